The van der Waals surface area contributed by atoms with Crippen LogP contribution in [0, 0.1) is 0 Å². The van der Waals surface area contributed by atoms with E-state index in [0.717, 1.165) is 24.8 Å². The van der Waals surface area contributed by atoms with Gasteiger partial charge in [0.1, 0.15) is 0 Å². The minimum Gasteiger partial charge on any atom is -0.465 e. The van der Waals surface area contributed by atoms with Crippen molar-refractivity contribution >= 4 is 6.09 Å². The first-order valence-corrected chi connectivity index (χ1v) is 6.41. The third-order valence-electron chi connectivity index (χ3n) is 3.75. The zero-order valence-corrected chi connectivity index (χ0v) is 10.7. The summed E-state index contributed by atoms with van der Waals surface area (Å²) in [6.45, 7) is 1.27. The van der Waals surface area contributed by atoms with E-state index < -0.39 is 11.6 Å². The van der Waals surface area contributed by atoms with Gasteiger partial charge in [-0.15, -0.1) is 0 Å². The van der Waals surface area contributed by atoms with E-state index in [1.54, 1.807) is 4.90 Å². The minimum atomic E-state index is -0.825. The van der Waals surface area contributed by atoms with Crippen LogP contribution in [-0.2, 0) is 5.54 Å². The van der Waals surface area contributed by atoms with Gasteiger partial charge < -0.3 is 10.4 Å². The summed E-state index contributed by atoms with van der Waals surface area (Å²) in [6.07, 6.45) is 2.07. The predicted molar refractivity (Wildman–Crippen MR) is 70.6 cm³/mol. The molecule has 1 unspecified atom stereocenters. The summed E-state index contributed by atoms with van der Waals surface area (Å²) in [7, 11) is 1.87. The second-order valence-corrected chi connectivity index (χ2v) is 4.82. The van der Waals surface area contributed by atoms with E-state index in [1.807, 2.05) is 37.4 Å². The molecule has 1 fully saturated rings. The highest BCUT2D eigenvalue weighted by molar-refractivity contribution is 5.67. The Morgan fingerprint density at radius 1 is 1.39 bits per heavy atom. The molecule has 0 aromatic heterocycles. The number of benzene rings is 1. The fourth-order valence-corrected chi connectivity index (χ4v) is 2.94. The summed E-state index contributed by atoms with van der Waals surface area (Å²) in [4.78, 5) is 13.1. The predicted octanol–water partition coefficient (Wildman–Crippen LogP) is 2.27. The Morgan fingerprint density at radius 2 is 2.11 bits per heavy atom. The lowest BCUT2D eigenvalue weighted by atomic mass is 9.80. The number of hydrogen-bond acceptors (Lipinski definition) is 2. The molecule has 0 spiro atoms. The first-order chi connectivity index (χ1) is 8.70. The molecular weight excluding hydrogens is 228 g/mol. The van der Waals surface area contributed by atoms with Crippen molar-refractivity contribution in [1.29, 1.82) is 0 Å². The summed E-state index contributed by atoms with van der Waals surface area (Å²) in [5, 5.41) is 12.6. The van der Waals surface area contributed by atoms with Gasteiger partial charge in [0.05, 0.1) is 5.54 Å². The molecule has 1 aromatic rings. The van der Waals surface area contributed by atoms with E-state index in [4.69, 9.17) is 0 Å². The van der Waals surface area contributed by atoms with E-state index >= 15 is 0 Å². The van der Waals surface area contributed by atoms with Crippen molar-refractivity contribution < 1.29 is 9.90 Å². The van der Waals surface area contributed by atoms with Crippen LogP contribution in [0.3, 0.4) is 0 Å². The molecule has 1 saturated heterocycles. The van der Waals surface area contributed by atoms with Crippen molar-refractivity contribution in [3.63, 3.8) is 0 Å². The number of likely N-dealkylation sites (tertiary alicyclic amines) is 1. The quantitative estimate of drug-likeness (QED) is 0.862. The topological polar surface area (TPSA) is 52.6 Å². The molecule has 1 aliphatic rings. The number of piperidine rings is 1. The van der Waals surface area contributed by atoms with Gasteiger partial charge in [0, 0.05) is 13.1 Å². The molecule has 2 N–H and O–H groups in total. The SMILES string of the molecule is CNCC1(c2ccccc2)CCCCN1C(=O)O. The first-order valence-electron chi connectivity index (χ1n) is 6.41. The smallest absolute Gasteiger partial charge is 0.408 e. The molecule has 0 bridgehead atoms. The molecule has 1 aliphatic heterocycles. The largest absolute Gasteiger partial charge is 0.465 e. The van der Waals surface area contributed by atoms with Gasteiger partial charge in [-0.05, 0) is 31.9 Å². The first kappa shape index (κ1) is 12.9. The fraction of sp³-hybridized carbons (Fsp3) is 0.500. The molecule has 1 heterocycles. The van der Waals surface area contributed by atoms with Gasteiger partial charge in [0.25, 0.3) is 0 Å². The number of likely N-dealkylation sites (N-methyl/N-ethyl adjacent to an activating group) is 1. The average molecular weight is 248 g/mol. The molecule has 4 nitrogen and oxygen atoms in total. The van der Waals surface area contributed by atoms with Crippen LogP contribution < -0.4 is 5.32 Å². The van der Waals surface area contributed by atoms with E-state index in [0.29, 0.717) is 13.1 Å². The van der Waals surface area contributed by atoms with Crippen molar-refractivity contribution in [2.45, 2.75) is 24.8 Å². The second-order valence-electron chi connectivity index (χ2n) is 4.82. The normalized spacial score (nSPS) is 23.9. The maximum atomic E-state index is 11.5. The number of rotatable bonds is 3. The molecular formula is C14H20N2O2. The molecule has 0 saturated carbocycles. The van der Waals surface area contributed by atoms with Crippen LogP contribution >= 0.6 is 0 Å². The minimum absolute atomic E-state index is 0.417. The molecule has 0 radical (unpaired) electrons. The maximum Gasteiger partial charge on any atom is 0.408 e. The lowest BCUT2D eigenvalue weighted by molar-refractivity contribution is 0.0453. The highest BCUT2D eigenvalue weighted by atomic mass is 16.4. The number of amides is 1. The molecule has 98 valence electrons. The van der Waals surface area contributed by atoms with Gasteiger partial charge >= 0.3 is 6.09 Å². The van der Waals surface area contributed by atoms with Crippen molar-refractivity contribution in [2.75, 3.05) is 20.1 Å². The van der Waals surface area contributed by atoms with Gasteiger partial charge in [0.15, 0.2) is 0 Å². The van der Waals surface area contributed by atoms with Gasteiger partial charge in [0.2, 0.25) is 0 Å². The van der Waals surface area contributed by atoms with Crippen LogP contribution in [-0.4, -0.2) is 36.2 Å². The van der Waals surface area contributed by atoms with Crippen LogP contribution in [0.25, 0.3) is 0 Å². The zero-order valence-electron chi connectivity index (χ0n) is 10.7. The Kier molecular flexibility index (Phi) is 3.87. The Hall–Kier alpha value is -1.55. The van der Waals surface area contributed by atoms with Gasteiger partial charge in [-0.3, -0.25) is 4.90 Å². The van der Waals surface area contributed by atoms with Crippen LogP contribution in [0.2, 0.25) is 0 Å². The van der Waals surface area contributed by atoms with Gasteiger partial charge in [-0.1, -0.05) is 30.3 Å². The maximum absolute atomic E-state index is 11.5. The number of hydrogen-bond donors (Lipinski definition) is 2. The van der Waals surface area contributed by atoms with E-state index in [2.05, 4.69) is 5.32 Å². The molecule has 2 rings (SSSR count). The molecule has 1 amide bonds. The second kappa shape index (κ2) is 5.40. The van der Waals surface area contributed by atoms with Gasteiger partial charge in [-0.2, -0.15) is 0 Å². The lowest BCUT2D eigenvalue weighted by Crippen LogP contribution is -2.56. The molecule has 18 heavy (non-hydrogen) atoms. The summed E-state index contributed by atoms with van der Waals surface area (Å²) in [5.41, 5.74) is 0.668. The Bertz CT molecular complexity index is 404. The third kappa shape index (κ3) is 2.20. The van der Waals surface area contributed by atoms with Crippen molar-refractivity contribution in [2.24, 2.45) is 0 Å². The zero-order chi connectivity index (χ0) is 13.0. The monoisotopic (exact) mass is 248 g/mol. The molecule has 0 aliphatic carbocycles. The van der Waals surface area contributed by atoms with E-state index in [1.165, 1.54) is 0 Å². The lowest BCUT2D eigenvalue weighted by Gasteiger charge is -2.46. The Balaban J connectivity index is 2.43. The van der Waals surface area contributed by atoms with Crippen LogP contribution in [0.4, 0.5) is 4.79 Å². The van der Waals surface area contributed by atoms with E-state index in [9.17, 15) is 9.90 Å². The standard InChI is InChI=1S/C14H20N2O2/c1-15-11-14(12-7-3-2-4-8-12)9-5-6-10-16(14)13(17)18/h2-4,7-8,15H,5-6,9-11H2,1H3,(H,17,18). The fourth-order valence-electron chi connectivity index (χ4n) is 2.94. The van der Waals surface area contributed by atoms with E-state index in [-0.39, 0.29) is 0 Å². The van der Waals surface area contributed by atoms with Crippen LogP contribution in [0.15, 0.2) is 30.3 Å². The summed E-state index contributed by atoms with van der Waals surface area (Å²) >= 11 is 0. The molecule has 4 heteroatoms. The molecule has 1 aromatic carbocycles. The summed E-state index contributed by atoms with van der Waals surface area (Å²) < 4.78 is 0. The highest BCUT2D eigenvalue weighted by Gasteiger charge is 2.42. The Morgan fingerprint density at radius 3 is 2.72 bits per heavy atom. The van der Waals surface area contributed by atoms with Crippen LogP contribution in [0.1, 0.15) is 24.8 Å². The number of carbonyl (C=O) groups is 1. The Labute approximate surface area is 108 Å². The highest BCUT2D eigenvalue weighted by Crippen LogP contribution is 2.37. The van der Waals surface area contributed by atoms with Crippen LogP contribution in [0.5, 0.6) is 0 Å². The van der Waals surface area contributed by atoms with Gasteiger partial charge in [-0.25, -0.2) is 4.79 Å². The molecule has 1 atom stereocenters. The number of nitrogens with one attached hydrogen (secondary N) is 1. The summed E-state index contributed by atoms with van der Waals surface area (Å²) in [5.74, 6) is 0. The summed E-state index contributed by atoms with van der Waals surface area (Å²) in [6, 6.07) is 9.96. The average Bonchev–Trinajstić information content (AvgIpc) is 2.40. The third-order valence-corrected chi connectivity index (χ3v) is 3.75. The van der Waals surface area contributed by atoms with Crippen molar-refractivity contribution in [1.82, 2.24) is 10.2 Å². The van der Waals surface area contributed by atoms with Crippen molar-refractivity contribution in [3.05, 3.63) is 35.9 Å². The number of carboxylic acid groups (broad SMARTS) is 1. The van der Waals surface area contributed by atoms with Crippen molar-refractivity contribution in [3.8, 4) is 0 Å². The number of nitrogens with zero attached hydrogens (tertiary/aromatic N) is 1.